The van der Waals surface area contributed by atoms with E-state index in [2.05, 4.69) is 15.3 Å². The number of pyridine rings is 1. The zero-order valence-corrected chi connectivity index (χ0v) is 16.0. The summed E-state index contributed by atoms with van der Waals surface area (Å²) in [5, 5.41) is 2.94. The Hall–Kier alpha value is -3.29. The number of fused-ring (bicyclic) bond motifs is 1. The van der Waals surface area contributed by atoms with Crippen LogP contribution in [0.2, 0.25) is 0 Å². The number of carbonyl (C=O) groups is 1. The van der Waals surface area contributed by atoms with E-state index in [1.807, 2.05) is 55.1 Å². The number of para-hydroxylation sites is 2. The van der Waals surface area contributed by atoms with Gasteiger partial charge in [-0.05, 0) is 38.1 Å². The first-order valence-electron chi connectivity index (χ1n) is 9.41. The fourth-order valence-electron chi connectivity index (χ4n) is 3.18. The molecular weight excluding hydrogens is 358 g/mol. The molecule has 0 spiro atoms. The van der Waals surface area contributed by atoms with E-state index in [-0.39, 0.29) is 6.03 Å². The maximum atomic E-state index is 12.6. The molecule has 3 heterocycles. The van der Waals surface area contributed by atoms with Crippen LogP contribution in [0.1, 0.15) is 12.6 Å². The van der Waals surface area contributed by atoms with Crippen molar-refractivity contribution in [3.05, 3.63) is 42.1 Å². The maximum absolute atomic E-state index is 12.6. The van der Waals surface area contributed by atoms with Gasteiger partial charge in [0.05, 0.1) is 12.3 Å². The van der Waals surface area contributed by atoms with Crippen molar-refractivity contribution < 1.29 is 13.9 Å². The lowest BCUT2D eigenvalue weighted by Crippen LogP contribution is -2.50. The molecule has 3 aromatic rings. The first kappa shape index (κ1) is 18.1. The quantitative estimate of drug-likeness (QED) is 0.747. The summed E-state index contributed by atoms with van der Waals surface area (Å²) in [6, 6.07) is 11.6. The number of nitrogens with zero attached hydrogens (tertiary/aromatic N) is 4. The van der Waals surface area contributed by atoms with Crippen molar-refractivity contribution in [2.45, 2.75) is 13.8 Å². The molecule has 0 saturated carbocycles. The molecule has 1 aromatic carbocycles. The van der Waals surface area contributed by atoms with E-state index in [1.165, 1.54) is 0 Å². The third-order valence-electron chi connectivity index (χ3n) is 4.65. The molecule has 1 fully saturated rings. The highest BCUT2D eigenvalue weighted by molar-refractivity contribution is 5.91. The molecule has 1 saturated heterocycles. The van der Waals surface area contributed by atoms with Crippen molar-refractivity contribution in [2.75, 3.05) is 43.0 Å². The number of carbonyl (C=O) groups excluding carboxylic acids is 1. The average molecular weight is 381 g/mol. The van der Waals surface area contributed by atoms with E-state index in [1.54, 1.807) is 4.90 Å². The third-order valence-corrected chi connectivity index (χ3v) is 4.65. The normalized spacial score (nSPS) is 14.4. The number of anilines is 2. The van der Waals surface area contributed by atoms with Gasteiger partial charge in [0.2, 0.25) is 5.65 Å². The summed E-state index contributed by atoms with van der Waals surface area (Å²) >= 11 is 0. The topological polar surface area (TPSA) is 83.7 Å². The molecular formula is C20H23N5O3. The molecule has 0 bridgehead atoms. The van der Waals surface area contributed by atoms with E-state index in [9.17, 15) is 4.79 Å². The number of aryl methyl sites for hydroxylation is 1. The van der Waals surface area contributed by atoms with Crippen molar-refractivity contribution >= 4 is 29.0 Å². The van der Waals surface area contributed by atoms with E-state index >= 15 is 0 Å². The van der Waals surface area contributed by atoms with E-state index in [0.717, 1.165) is 5.69 Å². The van der Waals surface area contributed by atoms with Gasteiger partial charge in [0, 0.05) is 31.9 Å². The van der Waals surface area contributed by atoms with Crippen LogP contribution in [-0.2, 0) is 0 Å². The smallest absolute Gasteiger partial charge is 0.322 e. The minimum absolute atomic E-state index is 0.137. The Labute approximate surface area is 163 Å². The maximum Gasteiger partial charge on any atom is 0.322 e. The number of amides is 2. The summed E-state index contributed by atoms with van der Waals surface area (Å²) in [6.45, 7) is 6.83. The van der Waals surface area contributed by atoms with Crippen LogP contribution in [0.5, 0.6) is 5.75 Å². The Bertz CT molecular complexity index is 979. The third kappa shape index (κ3) is 3.71. The Kier molecular flexibility index (Phi) is 5.01. The minimum Gasteiger partial charge on any atom is -0.492 e. The highest BCUT2D eigenvalue weighted by Gasteiger charge is 2.24. The van der Waals surface area contributed by atoms with Crippen LogP contribution in [0.4, 0.5) is 16.5 Å². The molecule has 8 heteroatoms. The monoisotopic (exact) mass is 381 g/mol. The number of ether oxygens (including phenoxy) is 1. The summed E-state index contributed by atoms with van der Waals surface area (Å²) < 4.78 is 11.4. The summed E-state index contributed by atoms with van der Waals surface area (Å²) in [5.74, 6) is 0.672. The van der Waals surface area contributed by atoms with Crippen molar-refractivity contribution in [2.24, 2.45) is 0 Å². The van der Waals surface area contributed by atoms with Crippen LogP contribution >= 0.6 is 0 Å². The molecule has 2 aromatic heterocycles. The van der Waals surface area contributed by atoms with Crippen LogP contribution in [0.3, 0.4) is 0 Å². The molecule has 0 radical (unpaired) electrons. The zero-order valence-electron chi connectivity index (χ0n) is 16.0. The van der Waals surface area contributed by atoms with Gasteiger partial charge in [0.15, 0.2) is 5.58 Å². The Morgan fingerprint density at radius 2 is 1.93 bits per heavy atom. The second kappa shape index (κ2) is 7.75. The molecule has 0 atom stereocenters. The van der Waals surface area contributed by atoms with Gasteiger partial charge in [-0.25, -0.2) is 9.78 Å². The number of oxazole rings is 1. The van der Waals surface area contributed by atoms with Crippen LogP contribution in [0.25, 0.3) is 11.2 Å². The molecule has 4 rings (SSSR count). The van der Waals surface area contributed by atoms with Crippen LogP contribution in [0.15, 0.2) is 40.8 Å². The van der Waals surface area contributed by atoms with Crippen molar-refractivity contribution in [3.8, 4) is 5.75 Å². The van der Waals surface area contributed by atoms with E-state index in [0.29, 0.717) is 61.5 Å². The van der Waals surface area contributed by atoms with Gasteiger partial charge >= 0.3 is 6.03 Å². The van der Waals surface area contributed by atoms with Crippen molar-refractivity contribution in [1.82, 2.24) is 14.9 Å². The summed E-state index contributed by atoms with van der Waals surface area (Å²) in [7, 11) is 0. The van der Waals surface area contributed by atoms with Gasteiger partial charge in [-0.3, -0.25) is 0 Å². The van der Waals surface area contributed by atoms with Crippen molar-refractivity contribution in [1.29, 1.82) is 0 Å². The predicted octanol–water partition coefficient (Wildman–Crippen LogP) is 3.28. The first-order chi connectivity index (χ1) is 13.6. The fraction of sp³-hybridized carbons (Fsp3) is 0.350. The summed E-state index contributed by atoms with van der Waals surface area (Å²) in [6.07, 6.45) is 0. The minimum atomic E-state index is -0.137. The predicted molar refractivity (Wildman–Crippen MR) is 107 cm³/mol. The standard InChI is InChI=1S/C20H23N5O3/c1-3-27-16-7-5-4-6-15(16)22-19(26)24-10-12-25(13-11-24)20-23-18-17(28-20)9-8-14(2)21-18/h4-9H,3,10-13H2,1-2H3,(H,22,26). The second-order valence-electron chi connectivity index (χ2n) is 6.60. The number of hydrogen-bond donors (Lipinski definition) is 1. The average Bonchev–Trinajstić information content (AvgIpc) is 3.13. The van der Waals surface area contributed by atoms with E-state index < -0.39 is 0 Å². The van der Waals surface area contributed by atoms with Gasteiger partial charge in [-0.1, -0.05) is 12.1 Å². The molecule has 2 amide bonds. The zero-order chi connectivity index (χ0) is 19.5. The second-order valence-corrected chi connectivity index (χ2v) is 6.60. The van der Waals surface area contributed by atoms with Gasteiger partial charge in [-0.15, -0.1) is 0 Å². The van der Waals surface area contributed by atoms with Crippen LogP contribution in [0, 0.1) is 6.92 Å². The number of nitrogens with one attached hydrogen (secondary N) is 1. The highest BCUT2D eigenvalue weighted by atomic mass is 16.5. The van der Waals surface area contributed by atoms with Gasteiger partial charge in [0.1, 0.15) is 5.75 Å². The number of aromatic nitrogens is 2. The Morgan fingerprint density at radius 1 is 1.14 bits per heavy atom. The lowest BCUT2D eigenvalue weighted by atomic mass is 10.3. The number of rotatable bonds is 4. The lowest BCUT2D eigenvalue weighted by Gasteiger charge is -2.33. The van der Waals surface area contributed by atoms with Gasteiger partial charge in [0.25, 0.3) is 6.01 Å². The van der Waals surface area contributed by atoms with Crippen LogP contribution in [-0.4, -0.2) is 53.7 Å². The van der Waals surface area contributed by atoms with Crippen molar-refractivity contribution in [3.63, 3.8) is 0 Å². The number of hydrogen-bond acceptors (Lipinski definition) is 6. The highest BCUT2D eigenvalue weighted by Crippen LogP contribution is 2.25. The molecule has 1 N–H and O–H groups in total. The molecule has 0 aliphatic carbocycles. The SMILES string of the molecule is CCOc1ccccc1NC(=O)N1CCN(c2nc3nc(C)ccc3o2)CC1. The van der Waals surface area contributed by atoms with Crippen LogP contribution < -0.4 is 15.0 Å². The first-order valence-corrected chi connectivity index (χ1v) is 9.41. The Morgan fingerprint density at radius 3 is 2.71 bits per heavy atom. The molecule has 1 aliphatic heterocycles. The fourth-order valence-corrected chi connectivity index (χ4v) is 3.18. The summed E-state index contributed by atoms with van der Waals surface area (Å²) in [5.41, 5.74) is 2.87. The number of piperazine rings is 1. The molecule has 146 valence electrons. The van der Waals surface area contributed by atoms with Gasteiger partial charge in [-0.2, -0.15) is 4.98 Å². The largest absolute Gasteiger partial charge is 0.492 e. The summed E-state index contributed by atoms with van der Waals surface area (Å²) in [4.78, 5) is 25.3. The molecule has 28 heavy (non-hydrogen) atoms. The molecule has 8 nitrogen and oxygen atoms in total. The van der Waals surface area contributed by atoms with E-state index in [4.69, 9.17) is 9.15 Å². The van der Waals surface area contributed by atoms with Gasteiger partial charge < -0.3 is 24.3 Å². The number of benzene rings is 1. The lowest BCUT2D eigenvalue weighted by molar-refractivity contribution is 0.207. The molecule has 0 unspecified atom stereocenters. The Balaban J connectivity index is 1.39. The molecule has 1 aliphatic rings. The number of urea groups is 1.